The van der Waals surface area contributed by atoms with E-state index >= 15 is 0 Å². The highest BCUT2D eigenvalue weighted by molar-refractivity contribution is 5.28. The average molecular weight is 203 g/mol. The van der Waals surface area contributed by atoms with Crippen molar-refractivity contribution >= 4 is 0 Å². The van der Waals surface area contributed by atoms with Crippen LogP contribution < -0.4 is 5.32 Å². The van der Waals surface area contributed by atoms with Crippen molar-refractivity contribution in [3.05, 3.63) is 35.4 Å². The monoisotopic (exact) mass is 203 g/mol. The van der Waals surface area contributed by atoms with Gasteiger partial charge in [-0.1, -0.05) is 24.3 Å². The zero-order valence-corrected chi connectivity index (χ0v) is 8.91. The number of nitrogens with one attached hydrogen (secondary N) is 1. The van der Waals surface area contributed by atoms with Gasteiger partial charge in [0.05, 0.1) is 19.3 Å². The summed E-state index contributed by atoms with van der Waals surface area (Å²) in [6.45, 7) is 2.72. The van der Waals surface area contributed by atoms with Crippen molar-refractivity contribution in [3.63, 3.8) is 0 Å². The average Bonchev–Trinajstić information content (AvgIpc) is 3.00. The van der Waals surface area contributed by atoms with Crippen LogP contribution in [0.4, 0.5) is 0 Å². The maximum atomic E-state index is 5.12. The summed E-state index contributed by atoms with van der Waals surface area (Å²) in [5.74, 6) is 0.868. The van der Waals surface area contributed by atoms with E-state index in [9.17, 15) is 0 Å². The molecule has 1 aliphatic carbocycles. The Labute approximate surface area is 90.6 Å². The molecule has 1 saturated carbocycles. The summed E-state index contributed by atoms with van der Waals surface area (Å²) in [4.78, 5) is 0. The fraction of sp³-hybridized carbons (Fsp3) is 0.538. The normalized spacial score (nSPS) is 21.3. The number of benzene rings is 1. The van der Waals surface area contributed by atoms with Crippen LogP contribution in [0.5, 0.6) is 0 Å². The van der Waals surface area contributed by atoms with Crippen molar-refractivity contribution in [1.82, 2.24) is 5.32 Å². The lowest BCUT2D eigenvalue weighted by atomic mass is 10.1. The van der Waals surface area contributed by atoms with Gasteiger partial charge in [0.2, 0.25) is 0 Å². The third kappa shape index (κ3) is 2.21. The summed E-state index contributed by atoms with van der Waals surface area (Å²) in [5.41, 5.74) is 2.90. The summed E-state index contributed by atoms with van der Waals surface area (Å²) in [6.07, 6.45) is 2.77. The van der Waals surface area contributed by atoms with Crippen LogP contribution in [-0.4, -0.2) is 19.3 Å². The van der Waals surface area contributed by atoms with Crippen molar-refractivity contribution < 1.29 is 4.74 Å². The van der Waals surface area contributed by atoms with Crippen molar-refractivity contribution in [1.29, 1.82) is 0 Å². The molecule has 80 valence electrons. The Hall–Kier alpha value is -0.860. The van der Waals surface area contributed by atoms with E-state index in [1.54, 1.807) is 0 Å². The van der Waals surface area contributed by atoms with E-state index in [1.807, 2.05) is 0 Å². The van der Waals surface area contributed by atoms with Gasteiger partial charge in [0.1, 0.15) is 0 Å². The van der Waals surface area contributed by atoms with E-state index in [2.05, 4.69) is 29.6 Å². The lowest BCUT2D eigenvalue weighted by Crippen LogP contribution is -2.45. The molecule has 0 aromatic heterocycles. The molecule has 1 aromatic carbocycles. The zero-order chi connectivity index (χ0) is 10.1. The zero-order valence-electron chi connectivity index (χ0n) is 8.91. The summed E-state index contributed by atoms with van der Waals surface area (Å²) < 4.78 is 5.12. The number of hydrogen-bond acceptors (Lipinski definition) is 2. The Morgan fingerprint density at radius 2 is 1.87 bits per heavy atom. The van der Waals surface area contributed by atoms with Gasteiger partial charge in [-0.05, 0) is 29.9 Å². The van der Waals surface area contributed by atoms with Gasteiger partial charge in [-0.25, -0.2) is 0 Å². The van der Waals surface area contributed by atoms with Crippen molar-refractivity contribution in [2.45, 2.75) is 31.3 Å². The van der Waals surface area contributed by atoms with Gasteiger partial charge in [0.25, 0.3) is 0 Å². The van der Waals surface area contributed by atoms with Crippen molar-refractivity contribution in [2.24, 2.45) is 0 Å². The first-order chi connectivity index (χ1) is 7.42. The molecular weight excluding hydrogens is 186 g/mol. The minimum Gasteiger partial charge on any atom is -0.378 e. The molecule has 1 heterocycles. The predicted molar refractivity (Wildman–Crippen MR) is 59.9 cm³/mol. The molecule has 0 spiro atoms. The van der Waals surface area contributed by atoms with Crippen LogP contribution in [0.3, 0.4) is 0 Å². The predicted octanol–water partition coefficient (Wildman–Crippen LogP) is 2.05. The van der Waals surface area contributed by atoms with E-state index in [1.165, 1.54) is 24.0 Å². The first-order valence-corrected chi connectivity index (χ1v) is 5.82. The second-order valence-corrected chi connectivity index (χ2v) is 4.63. The van der Waals surface area contributed by atoms with E-state index in [0.29, 0.717) is 6.04 Å². The molecule has 0 atom stereocenters. The van der Waals surface area contributed by atoms with Crippen LogP contribution in [0.25, 0.3) is 0 Å². The van der Waals surface area contributed by atoms with Crippen LogP contribution in [0.1, 0.15) is 29.9 Å². The Kier molecular flexibility index (Phi) is 2.47. The molecule has 15 heavy (non-hydrogen) atoms. The fourth-order valence-electron chi connectivity index (χ4n) is 1.94. The van der Waals surface area contributed by atoms with Gasteiger partial charge < -0.3 is 10.1 Å². The molecule has 3 rings (SSSR count). The minimum absolute atomic E-state index is 0.577. The molecule has 0 radical (unpaired) electrons. The number of ether oxygens (including phenoxy) is 1. The topological polar surface area (TPSA) is 21.3 Å². The highest BCUT2D eigenvalue weighted by Crippen LogP contribution is 2.39. The molecule has 1 aromatic rings. The van der Waals surface area contributed by atoms with E-state index in [0.717, 1.165) is 25.7 Å². The van der Waals surface area contributed by atoms with Crippen LogP contribution in [-0.2, 0) is 11.3 Å². The summed E-state index contributed by atoms with van der Waals surface area (Å²) in [6, 6.07) is 9.64. The summed E-state index contributed by atoms with van der Waals surface area (Å²) in [7, 11) is 0. The molecule has 0 bridgehead atoms. The second-order valence-electron chi connectivity index (χ2n) is 4.63. The van der Waals surface area contributed by atoms with Gasteiger partial charge in [0, 0.05) is 6.54 Å². The molecular formula is C13H17NO. The second kappa shape index (κ2) is 3.95. The first-order valence-electron chi connectivity index (χ1n) is 5.82. The first kappa shape index (κ1) is 9.37. The maximum Gasteiger partial charge on any atom is 0.0643 e. The van der Waals surface area contributed by atoms with E-state index < -0.39 is 0 Å². The lowest BCUT2D eigenvalue weighted by Gasteiger charge is -2.27. The number of hydrogen-bond donors (Lipinski definition) is 1. The van der Waals surface area contributed by atoms with E-state index in [4.69, 9.17) is 4.74 Å². The van der Waals surface area contributed by atoms with Crippen molar-refractivity contribution in [2.75, 3.05) is 13.2 Å². The molecule has 2 fully saturated rings. The van der Waals surface area contributed by atoms with Gasteiger partial charge in [-0.2, -0.15) is 0 Å². The quantitative estimate of drug-likeness (QED) is 0.808. The third-order valence-corrected chi connectivity index (χ3v) is 3.26. The Morgan fingerprint density at radius 3 is 2.40 bits per heavy atom. The van der Waals surface area contributed by atoms with Gasteiger partial charge in [-0.3, -0.25) is 0 Å². The van der Waals surface area contributed by atoms with Crippen LogP contribution >= 0.6 is 0 Å². The van der Waals surface area contributed by atoms with Gasteiger partial charge >= 0.3 is 0 Å². The lowest BCUT2D eigenvalue weighted by molar-refractivity contribution is -0.00578. The van der Waals surface area contributed by atoms with Gasteiger partial charge in [0.15, 0.2) is 0 Å². The molecule has 0 amide bonds. The molecule has 0 unspecified atom stereocenters. The molecule has 1 saturated heterocycles. The smallest absolute Gasteiger partial charge is 0.0643 e. The Bertz CT molecular complexity index is 325. The van der Waals surface area contributed by atoms with Crippen LogP contribution in [0.2, 0.25) is 0 Å². The van der Waals surface area contributed by atoms with Gasteiger partial charge in [-0.15, -0.1) is 0 Å². The molecule has 2 nitrogen and oxygen atoms in total. The molecule has 2 heteroatoms. The van der Waals surface area contributed by atoms with Crippen molar-refractivity contribution in [3.8, 4) is 0 Å². The highest BCUT2D eigenvalue weighted by Gasteiger charge is 2.23. The third-order valence-electron chi connectivity index (χ3n) is 3.26. The number of rotatable bonds is 4. The highest BCUT2D eigenvalue weighted by atomic mass is 16.5. The minimum atomic E-state index is 0.577. The summed E-state index contributed by atoms with van der Waals surface area (Å²) in [5, 5.41) is 3.47. The summed E-state index contributed by atoms with van der Waals surface area (Å²) >= 11 is 0. The standard InChI is InChI=1S/C13H17NO/c1-3-11(12-5-6-12)4-2-10(1)7-14-13-8-15-9-13/h1-4,12-14H,5-9H2. The molecule has 1 aliphatic heterocycles. The Morgan fingerprint density at radius 1 is 1.13 bits per heavy atom. The van der Waals surface area contributed by atoms with Crippen LogP contribution in [0.15, 0.2) is 24.3 Å². The SMILES string of the molecule is c1cc(C2CC2)ccc1CNC1COC1. The Balaban J connectivity index is 1.55. The maximum absolute atomic E-state index is 5.12. The fourth-order valence-corrected chi connectivity index (χ4v) is 1.94. The molecule has 2 aliphatic rings. The van der Waals surface area contributed by atoms with Crippen LogP contribution in [0, 0.1) is 0 Å². The largest absolute Gasteiger partial charge is 0.378 e. The molecule has 1 N–H and O–H groups in total. The van der Waals surface area contributed by atoms with E-state index in [-0.39, 0.29) is 0 Å².